The number of hydrogen-bond acceptors (Lipinski definition) is 15. The standard InChI is InChI=1S/C58H62FN11O8S/c1-28(2)51(57(75)69-23-35(72)19-46(69)55(73)64-45(25-71)33-9-11-34(12-10-33)53-30(4)61-27-79-53)70-24-41-37-13-6-31(18-43(37)63-56(74)50(41)68-70)26-77-52-48(47-29(3)42(59)21-44-40(47)22-62-67-44)38(32-7-8-32)20-39-49(52)65-58(66-54(39)60-5)78-36-14-16-76-17-15-36/h6,9-11,13,18,20-22,24,27-28,32,34-36,45-46,51,71-72H,7-8,12,14-17,19,23,25-26H2,1-5H3,(H,62,67)(H,63,74)(H,64,73)(H,60,65,66)/t34?,35-,45+,46+,51?/m1/s1. The molecule has 8 aromatic rings. The van der Waals surface area contributed by atoms with Crippen LogP contribution in [-0.2, 0) is 20.9 Å². The van der Waals surface area contributed by atoms with Crippen LogP contribution in [-0.4, -0.2) is 125 Å². The molecule has 21 heteroatoms. The van der Waals surface area contributed by atoms with Crippen molar-refractivity contribution in [2.75, 3.05) is 38.7 Å². The summed E-state index contributed by atoms with van der Waals surface area (Å²) >= 11 is 1.60. The van der Waals surface area contributed by atoms with Crippen LogP contribution in [0, 0.1) is 25.6 Å². The number of halogens is 1. The predicted octanol–water partition coefficient (Wildman–Crippen LogP) is 7.94. The first-order valence-corrected chi connectivity index (χ1v) is 27.9. The molecule has 79 heavy (non-hydrogen) atoms. The molecule has 0 spiro atoms. The molecule has 19 nitrogen and oxygen atoms in total. The fraction of sp³-hybridized carbons (Fsp3) is 0.414. The molecule has 1 saturated carbocycles. The van der Waals surface area contributed by atoms with E-state index >= 15 is 4.39 Å². The van der Waals surface area contributed by atoms with E-state index in [-0.39, 0.29) is 61.6 Å². The summed E-state index contributed by atoms with van der Waals surface area (Å²) in [5.41, 5.74) is 8.23. The van der Waals surface area contributed by atoms with E-state index in [1.54, 1.807) is 37.7 Å². The number of anilines is 1. The predicted molar refractivity (Wildman–Crippen MR) is 298 cm³/mol. The quantitative estimate of drug-likeness (QED) is 0.0538. The molecule has 2 aliphatic heterocycles. The van der Waals surface area contributed by atoms with E-state index < -0.39 is 47.4 Å². The Morgan fingerprint density at radius 3 is 2.56 bits per heavy atom. The van der Waals surface area contributed by atoms with Crippen molar-refractivity contribution in [1.29, 1.82) is 0 Å². The Morgan fingerprint density at radius 1 is 1.01 bits per heavy atom. The van der Waals surface area contributed by atoms with Crippen LogP contribution in [0.4, 0.5) is 10.2 Å². The molecule has 3 fully saturated rings. The molecule has 410 valence electrons. The number of allylic oxidation sites excluding steroid dienone is 2. The van der Waals surface area contributed by atoms with Gasteiger partial charge in [-0.1, -0.05) is 44.2 Å². The van der Waals surface area contributed by atoms with Crippen LogP contribution >= 0.6 is 11.3 Å². The maximum absolute atomic E-state index is 16.0. The number of aliphatic hydroxyl groups excluding tert-OH is 2. The number of rotatable bonds is 16. The highest BCUT2D eigenvalue weighted by atomic mass is 32.1. The summed E-state index contributed by atoms with van der Waals surface area (Å²) in [7, 11) is 1.80. The van der Waals surface area contributed by atoms with Crippen LogP contribution in [0.5, 0.6) is 11.8 Å². The molecule has 2 saturated heterocycles. The molecule has 0 bridgehead atoms. The lowest BCUT2D eigenvalue weighted by Gasteiger charge is -2.31. The van der Waals surface area contributed by atoms with Crippen LogP contribution in [0.3, 0.4) is 0 Å². The van der Waals surface area contributed by atoms with Gasteiger partial charge in [0.2, 0.25) is 11.8 Å². The SMILES string of the molecule is CNc1nc(OC2CCOCC2)nc2c(OCc3ccc4c(c3)[nH]c(=O)c3nn(C(C(=O)N5C[C@H](O)C[C@H]5C(=O)N[C@@H](CO)C5=CCC(c6scnc6C)C=C5)C(C)C)cc34)c(-c3c(C)c(F)cc4[nH]ncc34)c(C3CC3)cc12. The van der Waals surface area contributed by atoms with Gasteiger partial charge >= 0.3 is 6.01 Å². The van der Waals surface area contributed by atoms with Gasteiger partial charge < -0.3 is 44.9 Å². The van der Waals surface area contributed by atoms with Crippen molar-refractivity contribution in [3.05, 3.63) is 115 Å². The molecule has 5 atom stereocenters. The van der Waals surface area contributed by atoms with Crippen LogP contribution in [0.25, 0.3) is 54.7 Å². The summed E-state index contributed by atoms with van der Waals surface area (Å²) in [6.07, 6.45) is 12.2. The minimum atomic E-state index is -1.02. The molecule has 4 aliphatic rings. The van der Waals surface area contributed by atoms with E-state index in [1.165, 1.54) is 20.5 Å². The second kappa shape index (κ2) is 21.2. The third-order valence-electron chi connectivity index (χ3n) is 16.0. The number of nitrogens with zero attached hydrogens (tertiary/aromatic N) is 7. The van der Waals surface area contributed by atoms with Crippen molar-refractivity contribution in [3.8, 4) is 22.9 Å². The van der Waals surface area contributed by atoms with E-state index in [0.717, 1.165) is 40.4 Å². The number of carbonyl (C=O) groups excluding carboxylic acids is 2. The van der Waals surface area contributed by atoms with E-state index in [9.17, 15) is 24.6 Å². The largest absolute Gasteiger partial charge is 0.486 e. The lowest BCUT2D eigenvalue weighted by molar-refractivity contribution is -0.142. The number of amides is 2. The van der Waals surface area contributed by atoms with E-state index in [2.05, 4.69) is 42.9 Å². The van der Waals surface area contributed by atoms with Gasteiger partial charge in [0.15, 0.2) is 11.3 Å². The minimum absolute atomic E-state index is 0.0125. The number of likely N-dealkylation sites (tertiary alicyclic amines) is 1. The number of aryl methyl sites for hydroxylation is 1. The monoisotopic (exact) mass is 1090 g/mol. The number of aromatic nitrogens is 8. The van der Waals surface area contributed by atoms with Crippen molar-refractivity contribution in [2.24, 2.45) is 5.92 Å². The number of benzene rings is 3. The fourth-order valence-electron chi connectivity index (χ4n) is 11.7. The van der Waals surface area contributed by atoms with E-state index in [0.29, 0.717) is 93.6 Å². The van der Waals surface area contributed by atoms with Crippen LogP contribution in [0.15, 0.2) is 76.8 Å². The third kappa shape index (κ3) is 9.80. The average molecular weight is 1090 g/mol. The highest BCUT2D eigenvalue weighted by Gasteiger charge is 2.43. The number of fused-ring (bicyclic) bond motifs is 5. The Balaban J connectivity index is 0.854. The summed E-state index contributed by atoms with van der Waals surface area (Å²) in [6.45, 7) is 8.18. The Hall–Kier alpha value is -7.59. The third-order valence-corrected chi connectivity index (χ3v) is 17.0. The van der Waals surface area contributed by atoms with Crippen LogP contribution in [0.2, 0.25) is 0 Å². The van der Waals surface area contributed by atoms with Gasteiger partial charge in [-0.15, -0.1) is 11.3 Å². The zero-order chi connectivity index (χ0) is 54.8. The summed E-state index contributed by atoms with van der Waals surface area (Å²) < 4.78 is 36.5. The van der Waals surface area contributed by atoms with E-state index in [4.69, 9.17) is 29.3 Å². The van der Waals surface area contributed by atoms with Gasteiger partial charge in [0.05, 0.1) is 54.9 Å². The zero-order valence-electron chi connectivity index (χ0n) is 44.5. The number of H-pyrrole nitrogens is 2. The van der Waals surface area contributed by atoms with Gasteiger partial charge in [0.1, 0.15) is 41.9 Å². The summed E-state index contributed by atoms with van der Waals surface area (Å²) in [6, 6.07) is 6.65. The Morgan fingerprint density at radius 2 is 1.84 bits per heavy atom. The fourth-order valence-corrected chi connectivity index (χ4v) is 12.6. The maximum atomic E-state index is 16.0. The molecule has 3 aromatic carbocycles. The smallest absolute Gasteiger partial charge is 0.319 e. The van der Waals surface area contributed by atoms with Gasteiger partial charge in [-0.25, -0.2) is 9.37 Å². The number of nitrogens with one attached hydrogen (secondary N) is 4. The lowest BCUT2D eigenvalue weighted by Crippen LogP contribution is -2.52. The summed E-state index contributed by atoms with van der Waals surface area (Å²) in [5, 5.41) is 42.3. The number of hydrogen-bond donors (Lipinski definition) is 6. The van der Waals surface area contributed by atoms with Crippen LogP contribution in [0.1, 0.15) is 97.5 Å². The molecular weight excluding hydrogens is 1030 g/mol. The van der Waals surface area contributed by atoms with Gasteiger partial charge in [-0.05, 0) is 85.4 Å². The highest BCUT2D eigenvalue weighted by Crippen LogP contribution is 2.53. The first-order chi connectivity index (χ1) is 38.3. The second-order valence-electron chi connectivity index (χ2n) is 21.6. The Labute approximate surface area is 457 Å². The zero-order valence-corrected chi connectivity index (χ0v) is 45.3. The first-order valence-electron chi connectivity index (χ1n) is 27.0. The molecule has 2 amide bonds. The number of aliphatic hydroxyl groups is 2. The van der Waals surface area contributed by atoms with Crippen LogP contribution < -0.4 is 25.7 Å². The molecule has 2 unspecified atom stereocenters. The number of thiazole rings is 1. The number of β-amino-alcohol motifs (C(OH)–C–C–N with tert-alkyl or cyclic N) is 1. The summed E-state index contributed by atoms with van der Waals surface area (Å²) in [5.74, 6) is -0.365. The molecule has 7 heterocycles. The molecule has 0 radical (unpaired) electrons. The Kier molecular flexibility index (Phi) is 14.0. The van der Waals surface area contributed by atoms with Gasteiger partial charge in [-0.2, -0.15) is 20.2 Å². The molecule has 2 aliphatic carbocycles. The Bertz CT molecular complexity index is 3820. The van der Waals surface area contributed by atoms with Gasteiger partial charge in [0.25, 0.3) is 5.56 Å². The number of pyridine rings is 1. The summed E-state index contributed by atoms with van der Waals surface area (Å²) in [4.78, 5) is 62.7. The van der Waals surface area contributed by atoms with Crippen molar-refractivity contribution in [2.45, 2.75) is 115 Å². The number of ether oxygens (including phenoxy) is 3. The number of aromatic amines is 2. The second-order valence-corrected chi connectivity index (χ2v) is 22.5. The van der Waals surface area contributed by atoms with E-state index in [1.807, 2.05) is 56.6 Å². The van der Waals surface area contributed by atoms with Crippen molar-refractivity contribution in [3.63, 3.8) is 0 Å². The van der Waals surface area contributed by atoms with Gasteiger partial charge in [0, 0.05) is 88.0 Å². The lowest BCUT2D eigenvalue weighted by atomic mass is 9.88. The van der Waals surface area contributed by atoms with Gasteiger partial charge in [-0.3, -0.25) is 24.2 Å². The van der Waals surface area contributed by atoms with Crippen molar-refractivity contribution < 1.29 is 38.4 Å². The number of carbonyl (C=O) groups is 2. The minimum Gasteiger partial charge on any atom is -0.486 e. The maximum Gasteiger partial charge on any atom is 0.319 e. The molecule has 5 aromatic heterocycles. The van der Waals surface area contributed by atoms with Crippen molar-refractivity contribution in [1.82, 2.24) is 50.1 Å². The average Bonchev–Trinajstić information content (AvgIpc) is 4.01. The molecule has 12 rings (SSSR count). The van der Waals surface area contributed by atoms with Crippen molar-refractivity contribution >= 4 is 72.6 Å². The topological polar surface area (TPSA) is 248 Å². The molecular formula is C58H62FN11O8S. The normalized spacial score (nSPS) is 19.7. The first kappa shape index (κ1) is 52.1. The molecule has 6 N–H and O–H groups in total. The highest BCUT2D eigenvalue weighted by molar-refractivity contribution is 7.09.